The summed E-state index contributed by atoms with van der Waals surface area (Å²) < 4.78 is 2.54. The van der Waals surface area contributed by atoms with Crippen LogP contribution in [0.15, 0.2) is 71.0 Å². The van der Waals surface area contributed by atoms with Crippen molar-refractivity contribution in [1.29, 1.82) is 0 Å². The standard InChI is InChI=1S/C21H19N9O3/c31-19-10-16(26-21(33)30(19)15-4-2-1-3-5-15)20(32)28-8-6-27(7-9-28)17-11-18(24-13-23-17)29-14-22-12-25-29/h1-5,10-14H,6-9H2,(H,26,33). The molecule has 0 radical (unpaired) electrons. The first-order valence-corrected chi connectivity index (χ1v) is 10.2. The van der Waals surface area contributed by atoms with Crippen molar-refractivity contribution in [3.05, 3.63) is 88.0 Å². The van der Waals surface area contributed by atoms with Crippen LogP contribution in [0.4, 0.5) is 5.82 Å². The third kappa shape index (κ3) is 4.01. The SMILES string of the molecule is O=C(c1cc(=O)n(-c2ccccc2)c(=O)[nH]1)N1CCN(c2cc(-n3cncn3)ncn2)CC1. The first kappa shape index (κ1) is 20.3. The Bertz CT molecular complexity index is 1360. The van der Waals surface area contributed by atoms with Crippen molar-refractivity contribution in [3.63, 3.8) is 0 Å². The molecule has 1 saturated heterocycles. The summed E-state index contributed by atoms with van der Waals surface area (Å²) in [4.78, 5) is 56.6. The Morgan fingerprint density at radius 2 is 1.67 bits per heavy atom. The van der Waals surface area contributed by atoms with Crippen LogP contribution < -0.4 is 16.1 Å². The molecule has 1 aliphatic rings. The normalized spacial score (nSPS) is 13.8. The lowest BCUT2D eigenvalue weighted by Gasteiger charge is -2.35. The van der Waals surface area contributed by atoms with E-state index in [1.807, 2.05) is 4.90 Å². The summed E-state index contributed by atoms with van der Waals surface area (Å²) in [6, 6.07) is 11.5. The van der Waals surface area contributed by atoms with E-state index in [0.29, 0.717) is 43.5 Å². The molecule has 0 bridgehead atoms. The molecule has 0 unspecified atom stereocenters. The molecule has 166 valence electrons. The number of carbonyl (C=O) groups is 1. The van der Waals surface area contributed by atoms with Crippen LogP contribution in [-0.2, 0) is 0 Å². The van der Waals surface area contributed by atoms with E-state index >= 15 is 0 Å². The average Bonchev–Trinajstić information content (AvgIpc) is 3.39. The zero-order valence-corrected chi connectivity index (χ0v) is 17.4. The summed E-state index contributed by atoms with van der Waals surface area (Å²) in [6.45, 7) is 1.88. The van der Waals surface area contributed by atoms with Crippen molar-refractivity contribution < 1.29 is 4.79 Å². The lowest BCUT2D eigenvalue weighted by atomic mass is 10.2. The van der Waals surface area contributed by atoms with Crippen LogP contribution in [0, 0.1) is 0 Å². The minimum absolute atomic E-state index is 0.0267. The fourth-order valence-electron chi connectivity index (χ4n) is 3.70. The van der Waals surface area contributed by atoms with Crippen LogP contribution >= 0.6 is 0 Å². The van der Waals surface area contributed by atoms with Gasteiger partial charge in [-0.3, -0.25) is 9.59 Å². The molecule has 1 N–H and O–H groups in total. The predicted molar refractivity (Wildman–Crippen MR) is 118 cm³/mol. The molecule has 1 aliphatic heterocycles. The lowest BCUT2D eigenvalue weighted by Crippen LogP contribution is -2.50. The maximum absolute atomic E-state index is 12.9. The van der Waals surface area contributed by atoms with Gasteiger partial charge in [-0.05, 0) is 12.1 Å². The molecule has 4 heterocycles. The van der Waals surface area contributed by atoms with E-state index in [-0.39, 0.29) is 5.69 Å². The molecule has 1 aromatic carbocycles. The number of H-pyrrole nitrogens is 1. The van der Waals surface area contributed by atoms with Gasteiger partial charge in [-0.1, -0.05) is 18.2 Å². The minimum atomic E-state index is -0.655. The number of nitrogens with zero attached hydrogens (tertiary/aromatic N) is 8. The van der Waals surface area contributed by atoms with E-state index in [4.69, 9.17) is 0 Å². The number of piperazine rings is 1. The molecular formula is C21H19N9O3. The quantitative estimate of drug-likeness (QED) is 0.459. The Balaban J connectivity index is 1.30. The van der Waals surface area contributed by atoms with E-state index in [0.717, 1.165) is 10.6 Å². The van der Waals surface area contributed by atoms with E-state index in [1.54, 1.807) is 52.3 Å². The topological polar surface area (TPSA) is 135 Å². The zero-order chi connectivity index (χ0) is 22.8. The monoisotopic (exact) mass is 445 g/mol. The number of rotatable bonds is 4. The van der Waals surface area contributed by atoms with Gasteiger partial charge in [0.25, 0.3) is 11.5 Å². The number of hydrogen-bond donors (Lipinski definition) is 1. The molecule has 4 aromatic rings. The van der Waals surface area contributed by atoms with Gasteiger partial charge in [-0.25, -0.2) is 29.0 Å². The summed E-state index contributed by atoms with van der Waals surface area (Å²) >= 11 is 0. The number of aromatic amines is 1. The first-order chi connectivity index (χ1) is 16.1. The maximum atomic E-state index is 12.9. The van der Waals surface area contributed by atoms with E-state index in [2.05, 4.69) is 25.0 Å². The van der Waals surface area contributed by atoms with Gasteiger partial charge in [0.2, 0.25) is 0 Å². The van der Waals surface area contributed by atoms with E-state index < -0.39 is 17.2 Å². The van der Waals surface area contributed by atoms with Crippen molar-refractivity contribution in [2.45, 2.75) is 0 Å². The Morgan fingerprint density at radius 1 is 0.909 bits per heavy atom. The molecule has 5 rings (SSSR count). The Kier molecular flexibility index (Phi) is 5.23. The molecule has 33 heavy (non-hydrogen) atoms. The highest BCUT2D eigenvalue weighted by molar-refractivity contribution is 5.92. The van der Waals surface area contributed by atoms with Crippen molar-refractivity contribution in [2.24, 2.45) is 0 Å². The predicted octanol–water partition coefficient (Wildman–Crippen LogP) is -0.141. The minimum Gasteiger partial charge on any atom is -0.353 e. The number of aromatic nitrogens is 7. The third-order valence-corrected chi connectivity index (χ3v) is 5.36. The molecule has 0 saturated carbocycles. The highest BCUT2D eigenvalue weighted by atomic mass is 16.2. The van der Waals surface area contributed by atoms with E-state index in [1.165, 1.54) is 12.7 Å². The summed E-state index contributed by atoms with van der Waals surface area (Å²) in [5.74, 6) is 0.907. The second-order valence-corrected chi connectivity index (χ2v) is 7.35. The van der Waals surface area contributed by atoms with Crippen LogP contribution in [0.2, 0.25) is 0 Å². The summed E-state index contributed by atoms with van der Waals surface area (Å²) in [5.41, 5.74) is -0.807. The summed E-state index contributed by atoms with van der Waals surface area (Å²) in [6.07, 6.45) is 4.43. The number of para-hydroxylation sites is 1. The number of amides is 1. The van der Waals surface area contributed by atoms with Crippen molar-refractivity contribution in [2.75, 3.05) is 31.1 Å². The molecule has 3 aromatic heterocycles. The lowest BCUT2D eigenvalue weighted by molar-refractivity contribution is 0.0739. The Morgan fingerprint density at radius 3 is 2.36 bits per heavy atom. The first-order valence-electron chi connectivity index (χ1n) is 10.2. The molecular weight excluding hydrogens is 426 g/mol. The highest BCUT2D eigenvalue weighted by Gasteiger charge is 2.24. The average molecular weight is 445 g/mol. The second kappa shape index (κ2) is 8.49. The zero-order valence-electron chi connectivity index (χ0n) is 17.4. The van der Waals surface area contributed by atoms with Crippen molar-refractivity contribution >= 4 is 11.7 Å². The third-order valence-electron chi connectivity index (χ3n) is 5.36. The number of anilines is 1. The van der Waals surface area contributed by atoms with Gasteiger partial charge in [0, 0.05) is 38.3 Å². The summed E-state index contributed by atoms with van der Waals surface area (Å²) in [5, 5.41) is 4.07. The smallest absolute Gasteiger partial charge is 0.333 e. The van der Waals surface area contributed by atoms with Gasteiger partial charge in [0.1, 0.15) is 30.5 Å². The molecule has 0 aliphatic carbocycles. The molecule has 0 spiro atoms. The van der Waals surface area contributed by atoms with Crippen LogP contribution in [0.1, 0.15) is 10.5 Å². The van der Waals surface area contributed by atoms with Crippen LogP contribution in [0.25, 0.3) is 11.5 Å². The molecule has 12 nitrogen and oxygen atoms in total. The van der Waals surface area contributed by atoms with Gasteiger partial charge in [0.05, 0.1) is 5.69 Å². The van der Waals surface area contributed by atoms with Gasteiger partial charge in [-0.15, -0.1) is 0 Å². The van der Waals surface area contributed by atoms with E-state index in [9.17, 15) is 14.4 Å². The van der Waals surface area contributed by atoms with Gasteiger partial charge in [0.15, 0.2) is 5.82 Å². The van der Waals surface area contributed by atoms with Gasteiger partial charge in [-0.2, -0.15) is 5.10 Å². The summed E-state index contributed by atoms with van der Waals surface area (Å²) in [7, 11) is 0. The second-order valence-electron chi connectivity index (χ2n) is 7.35. The van der Waals surface area contributed by atoms with Gasteiger partial charge >= 0.3 is 5.69 Å². The van der Waals surface area contributed by atoms with Crippen molar-refractivity contribution in [3.8, 4) is 11.5 Å². The fraction of sp³-hybridized carbons (Fsp3) is 0.190. The fourth-order valence-corrected chi connectivity index (χ4v) is 3.70. The Hall–Kier alpha value is -4.61. The largest absolute Gasteiger partial charge is 0.353 e. The van der Waals surface area contributed by atoms with Crippen LogP contribution in [0.5, 0.6) is 0 Å². The Labute approximate surface area is 186 Å². The number of benzene rings is 1. The van der Waals surface area contributed by atoms with Crippen molar-refractivity contribution in [1.82, 2.24) is 39.2 Å². The molecule has 1 fully saturated rings. The van der Waals surface area contributed by atoms with Gasteiger partial charge < -0.3 is 14.8 Å². The number of nitrogens with one attached hydrogen (secondary N) is 1. The molecule has 1 amide bonds. The number of hydrogen-bond acceptors (Lipinski definition) is 8. The maximum Gasteiger partial charge on any atom is 0.333 e. The van der Waals surface area contributed by atoms with Crippen LogP contribution in [0.3, 0.4) is 0 Å². The highest BCUT2D eigenvalue weighted by Crippen LogP contribution is 2.16. The van der Waals surface area contributed by atoms with Crippen LogP contribution in [-0.4, -0.2) is 71.3 Å². The number of carbonyl (C=O) groups excluding carboxylic acids is 1. The molecule has 0 atom stereocenters. The molecule has 12 heteroatoms.